The fraction of sp³-hybridized carbons (Fsp3) is 0.905. The summed E-state index contributed by atoms with van der Waals surface area (Å²) in [6.45, 7) is 10.5. The van der Waals surface area contributed by atoms with Crippen LogP contribution < -0.4 is 10.9 Å². The highest BCUT2D eigenvalue weighted by Gasteiger charge is 2.39. The van der Waals surface area contributed by atoms with E-state index in [-0.39, 0.29) is 23.8 Å². The van der Waals surface area contributed by atoms with Crippen molar-refractivity contribution >= 4 is 11.8 Å². The number of nitrogens with one attached hydrogen (secondary N) is 2. The van der Waals surface area contributed by atoms with Crippen LogP contribution in [0.5, 0.6) is 0 Å². The summed E-state index contributed by atoms with van der Waals surface area (Å²) in [4.78, 5) is 29.6. The number of hydrazine groups is 1. The molecule has 2 amide bonds. The van der Waals surface area contributed by atoms with Gasteiger partial charge in [0.25, 0.3) is 0 Å². The van der Waals surface area contributed by atoms with Gasteiger partial charge in [0.1, 0.15) is 0 Å². The molecule has 1 saturated carbocycles. The molecule has 6 nitrogen and oxygen atoms in total. The Bertz CT molecular complexity index is 524. The van der Waals surface area contributed by atoms with Gasteiger partial charge in [0.2, 0.25) is 11.8 Å². The van der Waals surface area contributed by atoms with Gasteiger partial charge in [-0.3, -0.25) is 19.9 Å². The minimum atomic E-state index is -0.0219. The molecule has 4 unspecified atom stereocenters. The van der Waals surface area contributed by atoms with Crippen LogP contribution in [0.2, 0.25) is 0 Å². The summed E-state index contributed by atoms with van der Waals surface area (Å²) in [7, 11) is 0. The van der Waals surface area contributed by atoms with E-state index in [1.165, 1.54) is 25.7 Å². The first-order chi connectivity index (χ1) is 13.0. The van der Waals surface area contributed by atoms with E-state index in [1.807, 2.05) is 0 Å². The second-order valence-corrected chi connectivity index (χ2v) is 9.35. The topological polar surface area (TPSA) is 64.7 Å². The van der Waals surface area contributed by atoms with Crippen LogP contribution >= 0.6 is 0 Å². The van der Waals surface area contributed by atoms with E-state index in [0.29, 0.717) is 18.4 Å². The lowest BCUT2D eigenvalue weighted by Crippen LogP contribution is -2.64. The Morgan fingerprint density at radius 1 is 1.15 bits per heavy atom. The first kappa shape index (κ1) is 20.6. The average Bonchev–Trinajstić information content (AvgIpc) is 2.64. The number of carbonyl (C=O) groups is 2. The van der Waals surface area contributed by atoms with Gasteiger partial charge in [0.15, 0.2) is 0 Å². The summed E-state index contributed by atoms with van der Waals surface area (Å²) in [6, 6.07) is 0.122. The summed E-state index contributed by atoms with van der Waals surface area (Å²) in [6.07, 6.45) is 7.15. The Kier molecular flexibility index (Phi) is 7.15. The zero-order chi connectivity index (χ0) is 19.4. The molecule has 2 aliphatic heterocycles. The third-order valence-corrected chi connectivity index (χ3v) is 6.94. The Morgan fingerprint density at radius 2 is 1.93 bits per heavy atom. The SMILES string of the molecule is CC(C)CCC1C(=O)NNCC1N1CCN(CC2CCCCC2C)C(=O)C1. The highest BCUT2D eigenvalue weighted by atomic mass is 16.2. The minimum Gasteiger partial charge on any atom is -0.340 e. The summed E-state index contributed by atoms with van der Waals surface area (Å²) in [5, 5.41) is 0. The molecule has 3 fully saturated rings. The molecule has 3 aliphatic rings. The van der Waals surface area contributed by atoms with Crippen molar-refractivity contribution in [1.29, 1.82) is 0 Å². The first-order valence-electron chi connectivity index (χ1n) is 11.0. The standard InChI is InChI=1S/C21H38N4O2/c1-15(2)8-9-18-19(12-22-23-21(18)27)24-10-11-25(20(26)14-24)13-17-7-5-4-6-16(17)3/h15-19,22H,4-14H2,1-3H3,(H,23,27). The number of hydrogen-bond acceptors (Lipinski definition) is 4. The lowest BCUT2D eigenvalue weighted by atomic mass is 9.80. The molecule has 0 aromatic heterocycles. The predicted molar refractivity (Wildman–Crippen MR) is 107 cm³/mol. The van der Waals surface area contributed by atoms with Gasteiger partial charge in [-0.15, -0.1) is 0 Å². The van der Waals surface area contributed by atoms with Crippen molar-refractivity contribution in [3.8, 4) is 0 Å². The highest BCUT2D eigenvalue weighted by Crippen LogP contribution is 2.31. The molecule has 2 saturated heterocycles. The van der Waals surface area contributed by atoms with E-state index >= 15 is 0 Å². The quantitative estimate of drug-likeness (QED) is 0.742. The van der Waals surface area contributed by atoms with Crippen LogP contribution in [0.25, 0.3) is 0 Å². The highest BCUT2D eigenvalue weighted by molar-refractivity contribution is 5.81. The largest absolute Gasteiger partial charge is 0.340 e. The molecule has 0 bridgehead atoms. The summed E-state index contributed by atoms with van der Waals surface area (Å²) < 4.78 is 0. The third-order valence-electron chi connectivity index (χ3n) is 6.94. The molecule has 2 heterocycles. The molecule has 3 rings (SSSR count). The summed E-state index contributed by atoms with van der Waals surface area (Å²) >= 11 is 0. The van der Waals surface area contributed by atoms with Crippen LogP contribution in [0.4, 0.5) is 0 Å². The fourth-order valence-corrected chi connectivity index (χ4v) is 5.02. The zero-order valence-electron chi connectivity index (χ0n) is 17.4. The molecule has 4 atom stereocenters. The van der Waals surface area contributed by atoms with Crippen molar-refractivity contribution in [1.82, 2.24) is 20.7 Å². The molecule has 1 aliphatic carbocycles. The van der Waals surface area contributed by atoms with E-state index in [9.17, 15) is 9.59 Å². The van der Waals surface area contributed by atoms with Crippen molar-refractivity contribution in [3.63, 3.8) is 0 Å². The second kappa shape index (κ2) is 9.37. The van der Waals surface area contributed by atoms with Gasteiger partial charge >= 0.3 is 0 Å². The predicted octanol–water partition coefficient (Wildman–Crippen LogP) is 2.01. The van der Waals surface area contributed by atoms with E-state index in [1.54, 1.807) is 0 Å². The van der Waals surface area contributed by atoms with Crippen LogP contribution in [-0.2, 0) is 9.59 Å². The minimum absolute atomic E-state index is 0.0219. The molecular weight excluding hydrogens is 340 g/mol. The Balaban J connectivity index is 1.57. The lowest BCUT2D eigenvalue weighted by Gasteiger charge is -2.44. The fourth-order valence-electron chi connectivity index (χ4n) is 5.02. The lowest BCUT2D eigenvalue weighted by molar-refractivity contribution is -0.142. The molecule has 0 aromatic rings. The maximum Gasteiger partial charge on any atom is 0.238 e. The van der Waals surface area contributed by atoms with Gasteiger partial charge in [-0.1, -0.05) is 46.5 Å². The van der Waals surface area contributed by atoms with Crippen LogP contribution in [0.15, 0.2) is 0 Å². The first-order valence-corrected chi connectivity index (χ1v) is 11.0. The van der Waals surface area contributed by atoms with Gasteiger partial charge < -0.3 is 4.90 Å². The number of hydrogen-bond donors (Lipinski definition) is 2. The Hall–Kier alpha value is -1.14. The van der Waals surface area contributed by atoms with Gasteiger partial charge in [-0.05, 0) is 30.6 Å². The molecule has 2 N–H and O–H groups in total. The van der Waals surface area contributed by atoms with Gasteiger partial charge in [-0.2, -0.15) is 0 Å². The molecule has 0 aromatic carbocycles. The van der Waals surface area contributed by atoms with Crippen LogP contribution in [0, 0.1) is 23.7 Å². The number of nitrogens with zero attached hydrogens (tertiary/aromatic N) is 2. The molecule has 6 heteroatoms. The monoisotopic (exact) mass is 378 g/mol. The van der Waals surface area contributed by atoms with Gasteiger partial charge in [0, 0.05) is 32.2 Å². The van der Waals surface area contributed by atoms with Crippen molar-refractivity contribution in [2.24, 2.45) is 23.7 Å². The second-order valence-electron chi connectivity index (χ2n) is 9.35. The molecular formula is C21H38N4O2. The molecule has 27 heavy (non-hydrogen) atoms. The number of carbonyl (C=O) groups excluding carboxylic acids is 2. The van der Waals surface area contributed by atoms with E-state index in [2.05, 4.69) is 41.4 Å². The van der Waals surface area contributed by atoms with Gasteiger partial charge in [-0.25, -0.2) is 5.43 Å². The normalized spacial score (nSPS) is 33.4. The van der Waals surface area contributed by atoms with Crippen molar-refractivity contribution in [2.45, 2.75) is 65.3 Å². The van der Waals surface area contributed by atoms with E-state index < -0.39 is 0 Å². The van der Waals surface area contributed by atoms with E-state index in [4.69, 9.17) is 0 Å². The zero-order valence-corrected chi connectivity index (χ0v) is 17.4. The molecule has 0 radical (unpaired) electrons. The maximum absolute atomic E-state index is 12.8. The smallest absolute Gasteiger partial charge is 0.238 e. The summed E-state index contributed by atoms with van der Waals surface area (Å²) in [5.74, 6) is 2.28. The average molecular weight is 379 g/mol. The van der Waals surface area contributed by atoms with E-state index in [0.717, 1.165) is 44.9 Å². The number of rotatable bonds is 6. The molecule has 154 valence electrons. The van der Waals surface area contributed by atoms with Crippen molar-refractivity contribution < 1.29 is 9.59 Å². The Labute approximate surface area is 164 Å². The maximum atomic E-state index is 12.8. The molecule has 0 spiro atoms. The van der Waals surface area contributed by atoms with Crippen LogP contribution in [0.3, 0.4) is 0 Å². The Morgan fingerprint density at radius 3 is 2.63 bits per heavy atom. The number of piperazine rings is 1. The third kappa shape index (κ3) is 5.23. The number of amides is 2. The van der Waals surface area contributed by atoms with Crippen LogP contribution in [-0.4, -0.2) is 60.4 Å². The van der Waals surface area contributed by atoms with Crippen molar-refractivity contribution in [3.05, 3.63) is 0 Å². The summed E-state index contributed by atoms with van der Waals surface area (Å²) in [5.41, 5.74) is 5.82. The van der Waals surface area contributed by atoms with Crippen molar-refractivity contribution in [2.75, 3.05) is 32.7 Å². The van der Waals surface area contributed by atoms with Gasteiger partial charge in [0.05, 0.1) is 12.5 Å². The van der Waals surface area contributed by atoms with Crippen LogP contribution in [0.1, 0.15) is 59.3 Å².